The Kier molecular flexibility index (Phi) is 4.61. The van der Waals surface area contributed by atoms with Gasteiger partial charge in [0.15, 0.2) is 0 Å². The molecular formula is C20H22FNO2S. The highest BCUT2D eigenvalue weighted by molar-refractivity contribution is 7.08. The number of halogens is 1. The van der Waals surface area contributed by atoms with Crippen molar-refractivity contribution in [3.05, 3.63) is 58.0 Å². The molecule has 3 nitrogen and oxygen atoms in total. The van der Waals surface area contributed by atoms with Crippen LogP contribution in [0.3, 0.4) is 0 Å². The minimum Gasteiger partial charge on any atom is -0.393 e. The van der Waals surface area contributed by atoms with Gasteiger partial charge in [-0.3, -0.25) is 4.79 Å². The highest BCUT2D eigenvalue weighted by Crippen LogP contribution is 2.45. The molecular weight excluding hydrogens is 337 g/mol. The SMILES string of the molecule is O=C1C[C@H](c2ccsc2)[C@@H]2[C@@H](CCC[C@@H]2O)N1Cc1ccccc1F. The van der Waals surface area contributed by atoms with E-state index in [-0.39, 0.29) is 36.1 Å². The molecule has 1 aromatic carbocycles. The monoisotopic (exact) mass is 359 g/mol. The van der Waals surface area contributed by atoms with Crippen molar-refractivity contribution in [2.45, 2.75) is 50.3 Å². The van der Waals surface area contributed by atoms with E-state index in [9.17, 15) is 14.3 Å². The second-order valence-electron chi connectivity index (χ2n) is 7.12. The van der Waals surface area contributed by atoms with E-state index in [4.69, 9.17) is 0 Å². The van der Waals surface area contributed by atoms with Gasteiger partial charge < -0.3 is 10.0 Å². The van der Waals surface area contributed by atoms with Crippen LogP contribution in [-0.4, -0.2) is 28.1 Å². The standard InChI is InChI=1S/C20H22FNO2S/c21-16-5-2-1-4-13(16)11-22-17-6-3-7-18(23)20(17)15(10-19(22)24)14-8-9-25-12-14/h1-2,4-5,8-9,12,15,17-18,20,23H,3,6-7,10-11H2/t15-,17-,18+,20-/m1/s1. The van der Waals surface area contributed by atoms with E-state index in [1.807, 2.05) is 10.3 Å². The van der Waals surface area contributed by atoms with Crippen LogP contribution in [0.15, 0.2) is 41.1 Å². The zero-order valence-corrected chi connectivity index (χ0v) is 14.8. The van der Waals surface area contributed by atoms with Crippen molar-refractivity contribution in [3.63, 3.8) is 0 Å². The Morgan fingerprint density at radius 2 is 2.08 bits per heavy atom. The second-order valence-corrected chi connectivity index (χ2v) is 7.90. The first-order valence-corrected chi connectivity index (χ1v) is 9.82. The molecule has 2 fully saturated rings. The molecule has 4 atom stereocenters. The Labute approximate surface area is 151 Å². The Morgan fingerprint density at radius 3 is 2.84 bits per heavy atom. The summed E-state index contributed by atoms with van der Waals surface area (Å²) in [6.45, 7) is 0.287. The number of likely N-dealkylation sites (tertiary alicyclic amines) is 1. The van der Waals surface area contributed by atoms with E-state index < -0.39 is 6.10 Å². The number of carbonyl (C=O) groups excluding carboxylic acids is 1. The number of aliphatic hydroxyl groups excluding tert-OH is 1. The molecule has 0 unspecified atom stereocenters. The summed E-state index contributed by atoms with van der Waals surface area (Å²) in [5, 5.41) is 14.8. The van der Waals surface area contributed by atoms with Gasteiger partial charge in [0.1, 0.15) is 5.82 Å². The lowest BCUT2D eigenvalue weighted by atomic mass is 9.68. The van der Waals surface area contributed by atoms with Gasteiger partial charge in [-0.1, -0.05) is 18.2 Å². The molecule has 2 aliphatic rings. The molecule has 1 saturated carbocycles. The number of benzene rings is 1. The predicted octanol–water partition coefficient (Wildman–Crippen LogP) is 3.93. The number of thiophene rings is 1. The summed E-state index contributed by atoms with van der Waals surface area (Å²) in [7, 11) is 0. The number of hydrogen-bond donors (Lipinski definition) is 1. The molecule has 0 bridgehead atoms. The third-order valence-corrected chi connectivity index (χ3v) is 6.44. The van der Waals surface area contributed by atoms with Crippen LogP contribution in [0.25, 0.3) is 0 Å². The number of amides is 1. The van der Waals surface area contributed by atoms with Crippen molar-refractivity contribution in [2.24, 2.45) is 5.92 Å². The number of hydrogen-bond acceptors (Lipinski definition) is 3. The number of fused-ring (bicyclic) bond motifs is 1. The first-order chi connectivity index (χ1) is 12.1. The Hall–Kier alpha value is -1.72. The third kappa shape index (κ3) is 3.11. The summed E-state index contributed by atoms with van der Waals surface area (Å²) in [6.07, 6.45) is 2.55. The molecule has 5 heteroatoms. The molecule has 1 saturated heterocycles. The lowest BCUT2D eigenvalue weighted by Gasteiger charge is -2.49. The quantitative estimate of drug-likeness (QED) is 0.902. The van der Waals surface area contributed by atoms with Crippen LogP contribution < -0.4 is 0 Å². The van der Waals surface area contributed by atoms with Gasteiger partial charge in [-0.05, 0) is 47.7 Å². The maximum Gasteiger partial charge on any atom is 0.223 e. The lowest BCUT2D eigenvalue weighted by molar-refractivity contribution is -0.146. The van der Waals surface area contributed by atoms with E-state index in [0.29, 0.717) is 12.0 Å². The van der Waals surface area contributed by atoms with Gasteiger partial charge in [0, 0.05) is 36.4 Å². The molecule has 4 rings (SSSR count). The van der Waals surface area contributed by atoms with Gasteiger partial charge in [0.05, 0.1) is 6.10 Å². The fourth-order valence-electron chi connectivity index (χ4n) is 4.55. The topological polar surface area (TPSA) is 40.5 Å². The minimum atomic E-state index is -0.403. The summed E-state index contributed by atoms with van der Waals surface area (Å²) < 4.78 is 14.1. The Bertz CT molecular complexity index is 748. The predicted molar refractivity (Wildman–Crippen MR) is 95.8 cm³/mol. The van der Waals surface area contributed by atoms with Crippen molar-refractivity contribution in [2.75, 3.05) is 0 Å². The highest BCUT2D eigenvalue weighted by atomic mass is 32.1. The first kappa shape index (κ1) is 16.7. The summed E-state index contributed by atoms with van der Waals surface area (Å²) in [4.78, 5) is 14.7. The van der Waals surface area contributed by atoms with E-state index in [2.05, 4.69) is 11.4 Å². The molecule has 1 aliphatic heterocycles. The molecule has 1 aliphatic carbocycles. The zero-order valence-electron chi connectivity index (χ0n) is 14.0. The van der Waals surface area contributed by atoms with Crippen molar-refractivity contribution in [1.29, 1.82) is 0 Å². The number of aliphatic hydroxyl groups is 1. The zero-order chi connectivity index (χ0) is 17.4. The number of rotatable bonds is 3. The molecule has 1 N–H and O–H groups in total. The molecule has 132 valence electrons. The largest absolute Gasteiger partial charge is 0.393 e. The Balaban J connectivity index is 1.65. The number of piperidine rings is 1. The fourth-order valence-corrected chi connectivity index (χ4v) is 5.27. The van der Waals surface area contributed by atoms with Crippen LogP contribution >= 0.6 is 11.3 Å². The van der Waals surface area contributed by atoms with E-state index in [0.717, 1.165) is 24.8 Å². The molecule has 0 spiro atoms. The maximum atomic E-state index is 14.1. The van der Waals surface area contributed by atoms with Crippen molar-refractivity contribution < 1.29 is 14.3 Å². The van der Waals surface area contributed by atoms with Gasteiger partial charge in [-0.15, -0.1) is 0 Å². The normalized spacial score (nSPS) is 29.5. The van der Waals surface area contributed by atoms with E-state index in [1.165, 1.54) is 6.07 Å². The van der Waals surface area contributed by atoms with Crippen LogP contribution in [0, 0.1) is 11.7 Å². The third-order valence-electron chi connectivity index (χ3n) is 5.74. The summed E-state index contributed by atoms with van der Waals surface area (Å²) >= 11 is 1.62. The summed E-state index contributed by atoms with van der Waals surface area (Å²) in [6, 6.07) is 8.68. The van der Waals surface area contributed by atoms with Gasteiger partial charge in [-0.2, -0.15) is 11.3 Å². The minimum absolute atomic E-state index is 0.0190. The van der Waals surface area contributed by atoms with Crippen molar-refractivity contribution in [3.8, 4) is 0 Å². The van der Waals surface area contributed by atoms with Gasteiger partial charge in [0.25, 0.3) is 0 Å². The second kappa shape index (κ2) is 6.89. The average molecular weight is 359 g/mol. The summed E-state index contributed by atoms with van der Waals surface area (Å²) in [5.74, 6) is -0.110. The average Bonchev–Trinajstić information content (AvgIpc) is 3.13. The molecule has 2 aromatic rings. The van der Waals surface area contributed by atoms with Gasteiger partial charge in [-0.25, -0.2) is 4.39 Å². The van der Waals surface area contributed by atoms with E-state index >= 15 is 0 Å². The molecule has 1 aromatic heterocycles. The first-order valence-electron chi connectivity index (χ1n) is 8.88. The smallest absolute Gasteiger partial charge is 0.223 e. The number of nitrogens with zero attached hydrogens (tertiary/aromatic N) is 1. The molecule has 0 radical (unpaired) electrons. The Morgan fingerprint density at radius 1 is 1.24 bits per heavy atom. The van der Waals surface area contributed by atoms with Gasteiger partial charge >= 0.3 is 0 Å². The molecule has 2 heterocycles. The van der Waals surface area contributed by atoms with Crippen molar-refractivity contribution in [1.82, 2.24) is 4.90 Å². The number of carbonyl (C=O) groups is 1. The van der Waals surface area contributed by atoms with Crippen molar-refractivity contribution >= 4 is 17.2 Å². The van der Waals surface area contributed by atoms with Crippen LogP contribution in [0.4, 0.5) is 4.39 Å². The van der Waals surface area contributed by atoms with E-state index in [1.54, 1.807) is 29.5 Å². The lowest BCUT2D eigenvalue weighted by Crippen LogP contribution is -2.56. The van der Waals surface area contributed by atoms with Crippen LogP contribution in [0.5, 0.6) is 0 Å². The van der Waals surface area contributed by atoms with Crippen LogP contribution in [0.1, 0.15) is 42.7 Å². The summed E-state index contributed by atoms with van der Waals surface area (Å²) in [5.41, 5.74) is 1.70. The maximum absolute atomic E-state index is 14.1. The van der Waals surface area contributed by atoms with Gasteiger partial charge in [0.2, 0.25) is 5.91 Å². The fraction of sp³-hybridized carbons (Fsp3) is 0.450. The highest BCUT2D eigenvalue weighted by Gasteiger charge is 2.47. The van der Waals surface area contributed by atoms with Crippen LogP contribution in [-0.2, 0) is 11.3 Å². The van der Waals surface area contributed by atoms with Crippen LogP contribution in [0.2, 0.25) is 0 Å². The molecule has 1 amide bonds. The molecule has 25 heavy (non-hydrogen) atoms.